The number of primary amides is 1. The van der Waals surface area contributed by atoms with Crippen LogP contribution in [0.4, 0.5) is 5.95 Å². The molecule has 6 heteroatoms. The number of fused-ring (bicyclic) bond motifs is 1. The molecule has 0 aliphatic heterocycles. The lowest BCUT2D eigenvalue weighted by molar-refractivity contribution is -0.122. The van der Waals surface area contributed by atoms with E-state index in [1.165, 1.54) is 5.56 Å². The van der Waals surface area contributed by atoms with Crippen LogP contribution in [0, 0.1) is 12.8 Å². The van der Waals surface area contributed by atoms with Crippen LogP contribution in [0.3, 0.4) is 0 Å². The molecule has 0 unspecified atom stereocenters. The van der Waals surface area contributed by atoms with Crippen LogP contribution in [0.1, 0.15) is 31.2 Å². The predicted octanol–water partition coefficient (Wildman–Crippen LogP) is 1.49. The van der Waals surface area contributed by atoms with Gasteiger partial charge < -0.3 is 11.1 Å². The molecular formula is C14H19N5O. The van der Waals surface area contributed by atoms with Gasteiger partial charge in [0.1, 0.15) is 0 Å². The van der Waals surface area contributed by atoms with Crippen LogP contribution in [-0.4, -0.2) is 26.5 Å². The van der Waals surface area contributed by atoms with Crippen LogP contribution >= 0.6 is 0 Å². The Morgan fingerprint density at radius 1 is 1.40 bits per heavy atom. The first-order valence-electron chi connectivity index (χ1n) is 7.01. The summed E-state index contributed by atoms with van der Waals surface area (Å²) >= 11 is 0. The van der Waals surface area contributed by atoms with Crippen molar-refractivity contribution in [1.29, 1.82) is 0 Å². The van der Waals surface area contributed by atoms with E-state index in [4.69, 9.17) is 5.73 Å². The Balaban J connectivity index is 1.66. The molecule has 1 fully saturated rings. The molecule has 2 aromatic heterocycles. The molecule has 0 bridgehead atoms. The summed E-state index contributed by atoms with van der Waals surface area (Å²) in [6.45, 7) is 2.03. The molecule has 3 rings (SSSR count). The zero-order valence-electron chi connectivity index (χ0n) is 11.5. The number of anilines is 1. The van der Waals surface area contributed by atoms with Crippen molar-refractivity contribution in [3.8, 4) is 0 Å². The second kappa shape index (κ2) is 5.11. The molecule has 0 aromatic carbocycles. The zero-order valence-corrected chi connectivity index (χ0v) is 11.5. The number of carbonyl (C=O) groups is 1. The molecule has 0 spiro atoms. The highest BCUT2D eigenvalue weighted by Gasteiger charge is 2.25. The van der Waals surface area contributed by atoms with Gasteiger partial charge in [-0.3, -0.25) is 4.79 Å². The van der Waals surface area contributed by atoms with Crippen molar-refractivity contribution < 1.29 is 4.79 Å². The van der Waals surface area contributed by atoms with E-state index >= 15 is 0 Å². The molecule has 1 aliphatic carbocycles. The molecular weight excluding hydrogens is 254 g/mol. The largest absolute Gasteiger partial charge is 0.369 e. The fourth-order valence-electron chi connectivity index (χ4n) is 2.75. The number of pyridine rings is 1. The number of aryl methyl sites for hydroxylation is 1. The maximum Gasteiger partial charge on any atom is 0.243 e. The van der Waals surface area contributed by atoms with Crippen molar-refractivity contribution in [1.82, 2.24) is 14.6 Å². The van der Waals surface area contributed by atoms with E-state index in [9.17, 15) is 4.79 Å². The van der Waals surface area contributed by atoms with Gasteiger partial charge >= 0.3 is 0 Å². The van der Waals surface area contributed by atoms with Crippen molar-refractivity contribution in [2.75, 3.05) is 5.32 Å². The quantitative estimate of drug-likeness (QED) is 0.887. The van der Waals surface area contributed by atoms with Crippen molar-refractivity contribution >= 4 is 17.5 Å². The molecule has 2 heterocycles. The van der Waals surface area contributed by atoms with E-state index in [0.717, 1.165) is 31.3 Å². The lowest BCUT2D eigenvalue weighted by Gasteiger charge is -2.26. The SMILES string of the molecule is Cc1ccn2nc(NC3CCC(C(N)=O)CC3)nc2c1. The summed E-state index contributed by atoms with van der Waals surface area (Å²) < 4.78 is 1.77. The summed E-state index contributed by atoms with van der Waals surface area (Å²) in [5.74, 6) is 0.507. The summed E-state index contributed by atoms with van der Waals surface area (Å²) in [4.78, 5) is 15.6. The van der Waals surface area contributed by atoms with E-state index in [-0.39, 0.29) is 11.8 Å². The summed E-state index contributed by atoms with van der Waals surface area (Å²) in [5.41, 5.74) is 7.35. The molecule has 1 amide bonds. The second-order valence-electron chi connectivity index (χ2n) is 5.54. The van der Waals surface area contributed by atoms with E-state index in [1.54, 1.807) is 4.52 Å². The van der Waals surface area contributed by atoms with Gasteiger partial charge in [-0.15, -0.1) is 5.10 Å². The fourth-order valence-corrected chi connectivity index (χ4v) is 2.75. The van der Waals surface area contributed by atoms with Crippen LogP contribution in [0.2, 0.25) is 0 Å². The van der Waals surface area contributed by atoms with E-state index in [2.05, 4.69) is 15.4 Å². The summed E-state index contributed by atoms with van der Waals surface area (Å²) in [7, 11) is 0. The van der Waals surface area contributed by atoms with Crippen LogP contribution in [0.15, 0.2) is 18.3 Å². The highest BCUT2D eigenvalue weighted by Crippen LogP contribution is 2.25. The smallest absolute Gasteiger partial charge is 0.243 e. The lowest BCUT2D eigenvalue weighted by Crippen LogP contribution is -2.32. The average Bonchev–Trinajstić information content (AvgIpc) is 2.80. The second-order valence-corrected chi connectivity index (χ2v) is 5.54. The number of amides is 1. The van der Waals surface area contributed by atoms with Gasteiger partial charge in [0.2, 0.25) is 11.9 Å². The Morgan fingerprint density at radius 3 is 2.85 bits per heavy atom. The van der Waals surface area contributed by atoms with Gasteiger partial charge in [-0.1, -0.05) is 0 Å². The Hall–Kier alpha value is -2.11. The predicted molar refractivity (Wildman–Crippen MR) is 76.3 cm³/mol. The number of hydrogen-bond acceptors (Lipinski definition) is 4. The van der Waals surface area contributed by atoms with Crippen molar-refractivity contribution in [2.24, 2.45) is 11.7 Å². The third kappa shape index (κ3) is 2.59. The zero-order chi connectivity index (χ0) is 14.1. The standard InChI is InChI=1S/C14H19N5O/c1-9-6-7-19-12(8-9)17-14(18-19)16-11-4-2-10(3-5-11)13(15)20/h6-8,10-11H,2-5H2,1H3,(H2,15,20)(H,16,18). The summed E-state index contributed by atoms with van der Waals surface area (Å²) in [6.07, 6.45) is 5.47. The molecule has 0 saturated heterocycles. The van der Waals surface area contributed by atoms with Gasteiger partial charge in [0.05, 0.1) is 0 Å². The molecule has 3 N–H and O–H groups in total. The summed E-state index contributed by atoms with van der Waals surface area (Å²) in [6, 6.07) is 4.33. The molecule has 20 heavy (non-hydrogen) atoms. The first kappa shape index (κ1) is 12.9. The van der Waals surface area contributed by atoms with Gasteiger partial charge in [0.15, 0.2) is 5.65 Å². The van der Waals surface area contributed by atoms with E-state index in [1.807, 2.05) is 25.3 Å². The van der Waals surface area contributed by atoms with Crippen molar-refractivity contribution in [3.63, 3.8) is 0 Å². The van der Waals surface area contributed by atoms with Crippen LogP contribution < -0.4 is 11.1 Å². The number of aromatic nitrogens is 3. The molecule has 6 nitrogen and oxygen atoms in total. The molecule has 0 atom stereocenters. The topological polar surface area (TPSA) is 85.3 Å². The average molecular weight is 273 g/mol. The molecule has 2 aromatic rings. The maximum atomic E-state index is 11.1. The highest BCUT2D eigenvalue weighted by atomic mass is 16.1. The highest BCUT2D eigenvalue weighted by molar-refractivity contribution is 5.76. The first-order chi connectivity index (χ1) is 9.61. The third-order valence-electron chi connectivity index (χ3n) is 3.96. The molecule has 1 saturated carbocycles. The fraction of sp³-hybridized carbons (Fsp3) is 0.500. The molecule has 0 radical (unpaired) electrons. The van der Waals surface area contributed by atoms with Crippen LogP contribution in [-0.2, 0) is 4.79 Å². The third-order valence-corrected chi connectivity index (χ3v) is 3.96. The van der Waals surface area contributed by atoms with Gasteiger partial charge in [0, 0.05) is 18.2 Å². The van der Waals surface area contributed by atoms with Crippen LogP contribution in [0.5, 0.6) is 0 Å². The van der Waals surface area contributed by atoms with Gasteiger partial charge in [-0.05, 0) is 50.3 Å². The van der Waals surface area contributed by atoms with Gasteiger partial charge in [0.25, 0.3) is 0 Å². The van der Waals surface area contributed by atoms with E-state index < -0.39 is 0 Å². The van der Waals surface area contributed by atoms with Crippen molar-refractivity contribution in [2.45, 2.75) is 38.6 Å². The van der Waals surface area contributed by atoms with Gasteiger partial charge in [-0.2, -0.15) is 4.98 Å². The van der Waals surface area contributed by atoms with Crippen LogP contribution in [0.25, 0.3) is 5.65 Å². The number of nitrogens with zero attached hydrogens (tertiary/aromatic N) is 3. The number of nitrogens with one attached hydrogen (secondary N) is 1. The Bertz CT molecular complexity index is 628. The minimum atomic E-state index is -0.176. The first-order valence-corrected chi connectivity index (χ1v) is 7.01. The number of hydrogen-bond donors (Lipinski definition) is 2. The van der Waals surface area contributed by atoms with Gasteiger partial charge in [-0.25, -0.2) is 4.52 Å². The molecule has 106 valence electrons. The number of carbonyl (C=O) groups excluding carboxylic acids is 1. The Labute approximate surface area is 117 Å². The lowest BCUT2D eigenvalue weighted by atomic mass is 9.86. The van der Waals surface area contributed by atoms with E-state index in [0.29, 0.717) is 12.0 Å². The number of nitrogens with two attached hydrogens (primary N) is 1. The van der Waals surface area contributed by atoms with Crippen molar-refractivity contribution in [3.05, 3.63) is 23.9 Å². The maximum absolute atomic E-state index is 11.1. The molecule has 1 aliphatic rings. The normalized spacial score (nSPS) is 22.9. The Morgan fingerprint density at radius 2 is 2.15 bits per heavy atom. The summed E-state index contributed by atoms with van der Waals surface area (Å²) in [5, 5.41) is 7.76. The number of rotatable bonds is 3. The minimum absolute atomic E-state index is 0.0322. The Kier molecular flexibility index (Phi) is 3.30. The monoisotopic (exact) mass is 273 g/mol. The minimum Gasteiger partial charge on any atom is -0.369 e.